The van der Waals surface area contributed by atoms with Crippen molar-refractivity contribution in [3.8, 4) is 17.1 Å². The number of piperidine rings is 1. The Morgan fingerprint density at radius 3 is 2.31 bits per heavy atom. The van der Waals surface area contributed by atoms with Crippen LogP contribution in [0.25, 0.3) is 17.1 Å². The normalized spacial score (nSPS) is 15.0. The summed E-state index contributed by atoms with van der Waals surface area (Å²) < 4.78 is 8.07. The van der Waals surface area contributed by atoms with Crippen molar-refractivity contribution in [2.24, 2.45) is 5.92 Å². The molecule has 0 aliphatic carbocycles. The lowest BCUT2D eigenvalue weighted by Crippen LogP contribution is -2.41. The summed E-state index contributed by atoms with van der Waals surface area (Å²) in [5.74, 6) is 1.38. The minimum absolute atomic E-state index is 0.0619. The Morgan fingerprint density at radius 1 is 1.08 bits per heavy atom. The number of anilines is 1. The number of benzene rings is 1. The van der Waals surface area contributed by atoms with Crippen LogP contribution in [-0.4, -0.2) is 53.3 Å². The molecule has 3 aromatic rings. The molecule has 1 aliphatic heterocycles. The maximum atomic E-state index is 13.7. The standard InChI is InChI=1S/C30H41N5O3Si/c1-22(36)23-14-18-34(19-15-23)28-29(37)35(26-12-10-24(11-13-26)27-31-16-8-17-32-27)21-25(33-28)9-7-20-38-39(5,6)30(2,3)4/h8,10-13,16-17,21,23H,7,9,14-15,18-20H2,1-6H3. The van der Waals surface area contributed by atoms with E-state index in [0.717, 1.165) is 36.2 Å². The van der Waals surface area contributed by atoms with Gasteiger partial charge in [0.1, 0.15) is 5.78 Å². The molecule has 1 aromatic carbocycles. The maximum absolute atomic E-state index is 13.7. The molecule has 0 atom stereocenters. The third kappa shape index (κ3) is 6.89. The summed E-state index contributed by atoms with van der Waals surface area (Å²) in [6, 6.07) is 9.49. The fourth-order valence-corrected chi connectivity index (χ4v) is 5.65. The Balaban J connectivity index is 1.60. The first kappa shape index (κ1) is 28.8. The van der Waals surface area contributed by atoms with Gasteiger partial charge in [-0.1, -0.05) is 20.8 Å². The number of rotatable bonds is 9. The molecule has 0 spiro atoms. The quantitative estimate of drug-likeness (QED) is 0.260. The van der Waals surface area contributed by atoms with Gasteiger partial charge >= 0.3 is 0 Å². The van der Waals surface area contributed by atoms with Crippen molar-refractivity contribution in [3.63, 3.8) is 0 Å². The van der Waals surface area contributed by atoms with Crippen molar-refractivity contribution in [1.82, 2.24) is 19.5 Å². The minimum atomic E-state index is -1.82. The fourth-order valence-electron chi connectivity index (χ4n) is 4.56. The van der Waals surface area contributed by atoms with E-state index in [9.17, 15) is 9.59 Å². The number of carbonyl (C=O) groups is 1. The molecule has 1 fully saturated rings. The molecule has 0 N–H and O–H groups in total. The molecule has 8 nitrogen and oxygen atoms in total. The van der Waals surface area contributed by atoms with Crippen LogP contribution in [0.3, 0.4) is 0 Å². The average molecular weight is 548 g/mol. The molecule has 208 valence electrons. The van der Waals surface area contributed by atoms with Gasteiger partial charge in [-0.2, -0.15) is 0 Å². The van der Waals surface area contributed by atoms with Crippen LogP contribution in [0.5, 0.6) is 0 Å². The van der Waals surface area contributed by atoms with Crippen molar-refractivity contribution in [3.05, 3.63) is 65.0 Å². The summed E-state index contributed by atoms with van der Waals surface area (Å²) in [7, 11) is -1.82. The van der Waals surface area contributed by atoms with Gasteiger partial charge in [-0.15, -0.1) is 0 Å². The predicted octanol–water partition coefficient (Wildman–Crippen LogP) is 5.45. The van der Waals surface area contributed by atoms with Crippen LogP contribution in [0.4, 0.5) is 5.82 Å². The smallest absolute Gasteiger partial charge is 0.298 e. The Labute approximate surface area is 232 Å². The first-order valence-corrected chi connectivity index (χ1v) is 16.8. The molecule has 39 heavy (non-hydrogen) atoms. The van der Waals surface area contributed by atoms with E-state index in [2.05, 4.69) is 43.8 Å². The number of hydrogen-bond acceptors (Lipinski definition) is 7. The number of aryl methyl sites for hydroxylation is 1. The first-order chi connectivity index (χ1) is 18.5. The Hall–Kier alpha value is -3.17. The van der Waals surface area contributed by atoms with Crippen LogP contribution in [0.2, 0.25) is 18.1 Å². The molecule has 1 aliphatic rings. The lowest BCUT2D eigenvalue weighted by molar-refractivity contribution is -0.121. The highest BCUT2D eigenvalue weighted by atomic mass is 28.4. The lowest BCUT2D eigenvalue weighted by Gasteiger charge is -2.36. The van der Waals surface area contributed by atoms with Gasteiger partial charge in [0.05, 0.1) is 5.69 Å². The second-order valence-electron chi connectivity index (χ2n) is 11.9. The van der Waals surface area contributed by atoms with Crippen molar-refractivity contribution in [1.29, 1.82) is 0 Å². The largest absolute Gasteiger partial charge is 0.417 e. The molecular weight excluding hydrogens is 506 g/mol. The minimum Gasteiger partial charge on any atom is -0.417 e. The van der Waals surface area contributed by atoms with Crippen molar-refractivity contribution >= 4 is 19.9 Å². The third-order valence-electron chi connectivity index (χ3n) is 8.12. The number of nitrogens with zero attached hydrogens (tertiary/aromatic N) is 5. The Kier molecular flexibility index (Phi) is 8.81. The van der Waals surface area contributed by atoms with Gasteiger partial charge in [-0.3, -0.25) is 14.2 Å². The van der Waals surface area contributed by atoms with E-state index in [-0.39, 0.29) is 22.3 Å². The number of Topliss-reactive ketones (excluding diaryl/α,β-unsaturated/α-hetero) is 1. The molecule has 0 saturated carbocycles. The van der Waals surface area contributed by atoms with E-state index in [1.54, 1.807) is 30.0 Å². The van der Waals surface area contributed by atoms with Gasteiger partial charge in [0.15, 0.2) is 20.0 Å². The summed E-state index contributed by atoms with van der Waals surface area (Å²) in [5.41, 5.74) is 2.35. The topological polar surface area (TPSA) is 90.2 Å². The molecule has 4 rings (SSSR count). The Morgan fingerprint density at radius 2 is 1.72 bits per heavy atom. The van der Waals surface area contributed by atoms with E-state index in [1.807, 2.05) is 35.4 Å². The highest BCUT2D eigenvalue weighted by Gasteiger charge is 2.36. The second-order valence-corrected chi connectivity index (χ2v) is 16.7. The van der Waals surface area contributed by atoms with Crippen LogP contribution < -0.4 is 10.5 Å². The van der Waals surface area contributed by atoms with Crippen molar-refractivity contribution in [2.45, 2.75) is 71.5 Å². The fraction of sp³-hybridized carbons (Fsp3) is 0.500. The van der Waals surface area contributed by atoms with Crippen LogP contribution in [0.1, 0.15) is 52.7 Å². The number of hydrogen-bond donors (Lipinski definition) is 0. The van der Waals surface area contributed by atoms with Crippen LogP contribution in [-0.2, 0) is 15.6 Å². The van der Waals surface area contributed by atoms with Crippen molar-refractivity contribution in [2.75, 3.05) is 24.6 Å². The van der Waals surface area contributed by atoms with E-state index >= 15 is 0 Å². The highest BCUT2D eigenvalue weighted by molar-refractivity contribution is 6.74. The summed E-state index contributed by atoms with van der Waals surface area (Å²) >= 11 is 0. The van der Waals surface area contributed by atoms with Gasteiger partial charge in [-0.25, -0.2) is 15.0 Å². The number of aromatic nitrogens is 4. The van der Waals surface area contributed by atoms with Gasteiger partial charge in [0.2, 0.25) is 0 Å². The highest BCUT2D eigenvalue weighted by Crippen LogP contribution is 2.36. The molecule has 0 amide bonds. The van der Waals surface area contributed by atoms with Crippen LogP contribution in [0, 0.1) is 5.92 Å². The van der Waals surface area contributed by atoms with Crippen molar-refractivity contribution < 1.29 is 9.22 Å². The first-order valence-electron chi connectivity index (χ1n) is 13.9. The summed E-state index contributed by atoms with van der Waals surface area (Å²) in [6.07, 6.45) is 8.31. The molecule has 0 radical (unpaired) electrons. The Bertz CT molecular complexity index is 1330. The van der Waals surface area contributed by atoms with Gasteiger partial charge < -0.3 is 9.33 Å². The number of carbonyl (C=O) groups excluding carboxylic acids is 1. The van der Waals surface area contributed by atoms with Gasteiger partial charge in [0, 0.05) is 55.5 Å². The third-order valence-corrected chi connectivity index (χ3v) is 12.7. The monoisotopic (exact) mass is 547 g/mol. The van der Waals surface area contributed by atoms with E-state index < -0.39 is 8.32 Å². The molecule has 9 heteroatoms. The zero-order valence-electron chi connectivity index (χ0n) is 24.1. The SMILES string of the molecule is CC(=O)C1CCN(c2nc(CCCO[Si](C)(C)C(C)(C)C)cn(-c3ccc(-c4ncccn4)cc3)c2=O)CC1. The summed E-state index contributed by atoms with van der Waals surface area (Å²) in [4.78, 5) is 41.1. The maximum Gasteiger partial charge on any atom is 0.298 e. The molecule has 2 aromatic heterocycles. The van der Waals surface area contributed by atoms with Gasteiger partial charge in [0.25, 0.3) is 5.56 Å². The van der Waals surface area contributed by atoms with Crippen LogP contribution in [0.15, 0.2) is 53.7 Å². The van der Waals surface area contributed by atoms with E-state index in [0.29, 0.717) is 37.8 Å². The average Bonchev–Trinajstić information content (AvgIpc) is 2.92. The lowest BCUT2D eigenvalue weighted by atomic mass is 9.93. The summed E-state index contributed by atoms with van der Waals surface area (Å²) in [6.45, 7) is 14.9. The molecule has 1 saturated heterocycles. The van der Waals surface area contributed by atoms with E-state index in [1.165, 1.54) is 0 Å². The molecule has 0 bridgehead atoms. The predicted molar refractivity (Wildman–Crippen MR) is 158 cm³/mol. The second kappa shape index (κ2) is 11.9. The number of ketones is 1. The van der Waals surface area contributed by atoms with Crippen LogP contribution >= 0.6 is 0 Å². The zero-order valence-corrected chi connectivity index (χ0v) is 25.1. The summed E-state index contributed by atoms with van der Waals surface area (Å²) in [5, 5.41) is 0.161. The molecular formula is C30H41N5O3Si. The molecule has 3 heterocycles. The van der Waals surface area contributed by atoms with Gasteiger partial charge in [-0.05, 0) is 81.1 Å². The molecule has 0 unspecified atom stereocenters. The van der Waals surface area contributed by atoms with E-state index in [4.69, 9.17) is 9.41 Å². The zero-order chi connectivity index (χ0) is 28.2.